The lowest BCUT2D eigenvalue weighted by Gasteiger charge is -2.14. The fraction of sp³-hybridized carbons (Fsp3) is 0.167. The third-order valence-electron chi connectivity index (χ3n) is 3.27. The van der Waals surface area contributed by atoms with Crippen LogP contribution in [0.25, 0.3) is 11.1 Å². The number of anilines is 1. The van der Waals surface area contributed by atoms with Gasteiger partial charge < -0.3 is 5.32 Å². The minimum absolute atomic E-state index is 0.418. The second-order valence-electron chi connectivity index (χ2n) is 5.10. The van der Waals surface area contributed by atoms with Crippen molar-refractivity contribution in [3.8, 4) is 11.1 Å². The molecule has 112 valence electrons. The van der Waals surface area contributed by atoms with E-state index >= 15 is 0 Å². The van der Waals surface area contributed by atoms with Crippen molar-refractivity contribution in [2.45, 2.75) is 13.8 Å². The molecule has 0 saturated heterocycles. The summed E-state index contributed by atoms with van der Waals surface area (Å²) in [6, 6.07) is 5.93. The number of allylic oxidation sites excluding steroid dienone is 1. The molecule has 1 heterocycles. The van der Waals surface area contributed by atoms with Crippen molar-refractivity contribution in [1.82, 2.24) is 9.97 Å². The number of aromatic nitrogens is 2. The van der Waals surface area contributed by atoms with E-state index in [0.29, 0.717) is 12.3 Å². The molecular weight excluding hydrogens is 272 g/mol. The van der Waals surface area contributed by atoms with E-state index in [1.54, 1.807) is 18.5 Å². The molecule has 0 aliphatic heterocycles. The molecule has 0 aliphatic carbocycles. The molecule has 0 amide bonds. The summed E-state index contributed by atoms with van der Waals surface area (Å²) in [5.41, 5.74) is 4.75. The molecule has 4 nitrogen and oxygen atoms in total. The SMILES string of the molecule is C=CCNc1ccc(-c2cnc(C)nc2)cc1C(=N)C(=C)C. The average Bonchev–Trinajstić information content (AvgIpc) is 2.52. The Hall–Kier alpha value is -2.75. The fourth-order valence-electron chi connectivity index (χ4n) is 2.04. The monoisotopic (exact) mass is 292 g/mol. The molecule has 4 heteroatoms. The van der Waals surface area contributed by atoms with E-state index in [0.717, 1.165) is 33.8 Å². The Morgan fingerprint density at radius 3 is 2.55 bits per heavy atom. The van der Waals surface area contributed by atoms with Crippen LogP contribution in [0.1, 0.15) is 18.3 Å². The first-order valence-corrected chi connectivity index (χ1v) is 7.05. The third kappa shape index (κ3) is 3.47. The van der Waals surface area contributed by atoms with Crippen molar-refractivity contribution in [2.24, 2.45) is 0 Å². The van der Waals surface area contributed by atoms with Gasteiger partial charge in [-0.3, -0.25) is 5.41 Å². The van der Waals surface area contributed by atoms with Gasteiger partial charge in [0.15, 0.2) is 0 Å². The Kier molecular flexibility index (Phi) is 4.84. The van der Waals surface area contributed by atoms with Crippen molar-refractivity contribution in [1.29, 1.82) is 5.41 Å². The normalized spacial score (nSPS) is 10.1. The quantitative estimate of drug-likeness (QED) is 0.625. The Morgan fingerprint density at radius 2 is 1.95 bits per heavy atom. The average molecular weight is 292 g/mol. The first kappa shape index (κ1) is 15.6. The molecule has 2 rings (SSSR count). The fourth-order valence-corrected chi connectivity index (χ4v) is 2.04. The highest BCUT2D eigenvalue weighted by Crippen LogP contribution is 2.26. The second kappa shape index (κ2) is 6.80. The van der Waals surface area contributed by atoms with Gasteiger partial charge in [-0.25, -0.2) is 9.97 Å². The van der Waals surface area contributed by atoms with Gasteiger partial charge in [-0.05, 0) is 37.1 Å². The first-order valence-electron chi connectivity index (χ1n) is 7.05. The van der Waals surface area contributed by atoms with Gasteiger partial charge in [0.1, 0.15) is 5.82 Å². The van der Waals surface area contributed by atoms with Gasteiger partial charge in [-0.1, -0.05) is 18.7 Å². The van der Waals surface area contributed by atoms with Crippen LogP contribution in [0.3, 0.4) is 0 Å². The Bertz CT molecular complexity index is 714. The zero-order valence-electron chi connectivity index (χ0n) is 13.0. The van der Waals surface area contributed by atoms with Crippen LogP contribution in [0.5, 0.6) is 0 Å². The predicted molar refractivity (Wildman–Crippen MR) is 92.5 cm³/mol. The van der Waals surface area contributed by atoms with Gasteiger partial charge in [-0.2, -0.15) is 0 Å². The molecular formula is C18H20N4. The summed E-state index contributed by atoms with van der Waals surface area (Å²) >= 11 is 0. The lowest BCUT2D eigenvalue weighted by atomic mass is 9.98. The van der Waals surface area contributed by atoms with Gasteiger partial charge in [0.05, 0.1) is 5.71 Å². The highest BCUT2D eigenvalue weighted by molar-refractivity contribution is 6.13. The van der Waals surface area contributed by atoms with Crippen molar-refractivity contribution >= 4 is 11.4 Å². The summed E-state index contributed by atoms with van der Waals surface area (Å²) in [4.78, 5) is 8.45. The molecule has 22 heavy (non-hydrogen) atoms. The van der Waals surface area contributed by atoms with Crippen molar-refractivity contribution in [3.05, 3.63) is 66.8 Å². The van der Waals surface area contributed by atoms with Gasteiger partial charge in [0.2, 0.25) is 0 Å². The van der Waals surface area contributed by atoms with Gasteiger partial charge in [0, 0.05) is 35.8 Å². The summed E-state index contributed by atoms with van der Waals surface area (Å²) in [5.74, 6) is 0.739. The van der Waals surface area contributed by atoms with E-state index in [4.69, 9.17) is 5.41 Å². The molecule has 0 saturated carbocycles. The van der Waals surface area contributed by atoms with Crippen LogP contribution >= 0.6 is 0 Å². The van der Waals surface area contributed by atoms with Crippen LogP contribution in [-0.4, -0.2) is 22.2 Å². The van der Waals surface area contributed by atoms with E-state index < -0.39 is 0 Å². The maximum absolute atomic E-state index is 8.26. The molecule has 0 fully saturated rings. The summed E-state index contributed by atoms with van der Waals surface area (Å²) < 4.78 is 0. The number of nitrogens with zero attached hydrogens (tertiary/aromatic N) is 2. The Morgan fingerprint density at radius 1 is 1.27 bits per heavy atom. The predicted octanol–water partition coefficient (Wildman–Crippen LogP) is 3.99. The minimum Gasteiger partial charge on any atom is -0.381 e. The van der Waals surface area contributed by atoms with Gasteiger partial charge >= 0.3 is 0 Å². The van der Waals surface area contributed by atoms with E-state index in [-0.39, 0.29) is 0 Å². The number of aryl methyl sites for hydroxylation is 1. The number of hydrogen-bond acceptors (Lipinski definition) is 4. The highest BCUT2D eigenvalue weighted by atomic mass is 14.9. The van der Waals surface area contributed by atoms with Crippen LogP contribution < -0.4 is 5.32 Å². The molecule has 0 aliphatic rings. The van der Waals surface area contributed by atoms with E-state index in [2.05, 4.69) is 28.4 Å². The number of hydrogen-bond donors (Lipinski definition) is 2. The zero-order chi connectivity index (χ0) is 16.1. The summed E-state index contributed by atoms with van der Waals surface area (Å²) in [6.45, 7) is 11.9. The molecule has 0 unspecified atom stereocenters. The van der Waals surface area contributed by atoms with Crippen molar-refractivity contribution in [3.63, 3.8) is 0 Å². The Balaban J connectivity index is 2.48. The van der Waals surface area contributed by atoms with Crippen LogP contribution in [0.15, 0.2) is 55.4 Å². The lowest BCUT2D eigenvalue weighted by Crippen LogP contribution is -2.08. The lowest BCUT2D eigenvalue weighted by molar-refractivity contribution is 1.06. The highest BCUT2D eigenvalue weighted by Gasteiger charge is 2.11. The smallest absolute Gasteiger partial charge is 0.125 e. The van der Waals surface area contributed by atoms with Gasteiger partial charge in [0.25, 0.3) is 0 Å². The molecule has 2 aromatic rings. The number of nitrogens with one attached hydrogen (secondary N) is 2. The van der Waals surface area contributed by atoms with Crippen molar-refractivity contribution < 1.29 is 0 Å². The molecule has 2 N–H and O–H groups in total. The van der Waals surface area contributed by atoms with E-state index in [1.807, 2.05) is 32.0 Å². The molecule has 0 bridgehead atoms. The number of rotatable bonds is 6. The van der Waals surface area contributed by atoms with Crippen LogP contribution in [0.2, 0.25) is 0 Å². The third-order valence-corrected chi connectivity index (χ3v) is 3.27. The second-order valence-corrected chi connectivity index (χ2v) is 5.10. The zero-order valence-corrected chi connectivity index (χ0v) is 13.0. The molecule has 0 spiro atoms. The summed E-state index contributed by atoms with van der Waals surface area (Å²) in [6.07, 6.45) is 5.38. The Labute approximate surface area is 131 Å². The van der Waals surface area contributed by atoms with Crippen LogP contribution in [0.4, 0.5) is 5.69 Å². The molecule has 0 atom stereocenters. The maximum Gasteiger partial charge on any atom is 0.125 e. The molecule has 0 radical (unpaired) electrons. The molecule has 1 aromatic heterocycles. The first-order chi connectivity index (χ1) is 10.5. The van der Waals surface area contributed by atoms with Crippen LogP contribution in [0, 0.1) is 12.3 Å². The van der Waals surface area contributed by atoms with Gasteiger partial charge in [-0.15, -0.1) is 6.58 Å². The summed E-state index contributed by atoms with van der Waals surface area (Å²) in [7, 11) is 0. The number of benzene rings is 1. The van der Waals surface area contributed by atoms with Crippen LogP contribution in [-0.2, 0) is 0 Å². The summed E-state index contributed by atoms with van der Waals surface area (Å²) in [5, 5.41) is 11.5. The minimum atomic E-state index is 0.418. The maximum atomic E-state index is 8.26. The van der Waals surface area contributed by atoms with E-state index in [9.17, 15) is 0 Å². The molecule has 1 aromatic carbocycles. The standard InChI is InChI=1S/C18H20N4/c1-5-8-20-17-7-6-14(9-16(17)18(19)12(2)3)15-10-21-13(4)22-11-15/h5-7,9-11,19-20H,1-2,8H2,3-4H3. The van der Waals surface area contributed by atoms with E-state index in [1.165, 1.54) is 0 Å². The van der Waals surface area contributed by atoms with Crippen molar-refractivity contribution in [2.75, 3.05) is 11.9 Å². The largest absolute Gasteiger partial charge is 0.381 e. The topological polar surface area (TPSA) is 61.7 Å².